The van der Waals surface area contributed by atoms with E-state index in [0.29, 0.717) is 12.1 Å². The normalized spacial score (nSPS) is 13.9. The predicted molar refractivity (Wildman–Crippen MR) is 61.7 cm³/mol. The molecule has 0 aromatic carbocycles. The van der Waals surface area contributed by atoms with Gasteiger partial charge in [-0.15, -0.1) is 0 Å². The molecule has 1 N–H and O–H groups in total. The van der Waals surface area contributed by atoms with E-state index in [1.807, 2.05) is 0 Å². The lowest BCUT2D eigenvalue weighted by Gasteiger charge is -2.16. The van der Waals surface area contributed by atoms with E-state index in [-0.39, 0.29) is 0 Å². The van der Waals surface area contributed by atoms with Gasteiger partial charge in [-0.2, -0.15) is 0 Å². The third kappa shape index (κ3) is 9.96. The maximum atomic E-state index is 5.65. The fourth-order valence-electron chi connectivity index (χ4n) is 1.13. The molecule has 14 heavy (non-hydrogen) atoms. The van der Waals surface area contributed by atoms with E-state index in [2.05, 4.69) is 45.1 Å². The van der Waals surface area contributed by atoms with E-state index in [9.17, 15) is 0 Å². The van der Waals surface area contributed by atoms with Crippen LogP contribution in [-0.4, -0.2) is 50.8 Å². The number of nitrogens with one attached hydrogen (secondary N) is 1. The highest BCUT2D eigenvalue weighted by molar-refractivity contribution is 4.58. The highest BCUT2D eigenvalue weighted by atomic mass is 16.5. The van der Waals surface area contributed by atoms with Crippen molar-refractivity contribution in [2.24, 2.45) is 0 Å². The minimum Gasteiger partial charge on any atom is -0.377 e. The zero-order valence-electron chi connectivity index (χ0n) is 10.3. The van der Waals surface area contributed by atoms with Gasteiger partial charge in [-0.1, -0.05) is 13.8 Å². The first-order valence-corrected chi connectivity index (χ1v) is 5.52. The van der Waals surface area contributed by atoms with Gasteiger partial charge in [0.2, 0.25) is 0 Å². The maximum Gasteiger partial charge on any atom is 0.0671 e. The Labute approximate surface area is 88.8 Å². The van der Waals surface area contributed by atoms with Crippen LogP contribution in [0.1, 0.15) is 27.2 Å². The molecule has 0 bridgehead atoms. The van der Waals surface area contributed by atoms with E-state index < -0.39 is 0 Å². The van der Waals surface area contributed by atoms with Crippen molar-refractivity contribution in [3.05, 3.63) is 0 Å². The van der Waals surface area contributed by atoms with Crippen LogP contribution in [0.3, 0.4) is 0 Å². The van der Waals surface area contributed by atoms with Crippen molar-refractivity contribution in [2.45, 2.75) is 39.3 Å². The van der Waals surface area contributed by atoms with Gasteiger partial charge in [-0.05, 0) is 34.0 Å². The molecular weight excluding hydrogens is 176 g/mol. The summed E-state index contributed by atoms with van der Waals surface area (Å²) in [5.74, 6) is 0. The van der Waals surface area contributed by atoms with Gasteiger partial charge in [0.15, 0.2) is 0 Å². The van der Waals surface area contributed by atoms with Gasteiger partial charge in [-0.3, -0.25) is 0 Å². The number of nitrogens with zero attached hydrogens (tertiary/aromatic N) is 1. The number of rotatable bonds is 8. The first kappa shape index (κ1) is 13.9. The molecule has 0 rings (SSSR count). The van der Waals surface area contributed by atoms with E-state index in [4.69, 9.17) is 4.74 Å². The van der Waals surface area contributed by atoms with Gasteiger partial charge in [0.1, 0.15) is 0 Å². The molecule has 0 aliphatic rings. The van der Waals surface area contributed by atoms with E-state index in [1.54, 1.807) is 0 Å². The first-order valence-electron chi connectivity index (χ1n) is 5.52. The Balaban J connectivity index is 3.22. The second kappa shape index (κ2) is 8.21. The highest BCUT2D eigenvalue weighted by Crippen LogP contribution is 1.93. The molecule has 3 heteroatoms. The van der Waals surface area contributed by atoms with Crippen LogP contribution < -0.4 is 5.32 Å². The van der Waals surface area contributed by atoms with Crippen LogP contribution in [0.2, 0.25) is 0 Å². The van der Waals surface area contributed by atoms with Gasteiger partial charge in [0.25, 0.3) is 0 Å². The Hall–Kier alpha value is -0.120. The SMILES string of the molecule is CC(C)NCC(C)OCCCN(C)C. The highest BCUT2D eigenvalue weighted by Gasteiger charge is 2.02. The summed E-state index contributed by atoms with van der Waals surface area (Å²) < 4.78 is 5.65. The van der Waals surface area contributed by atoms with Gasteiger partial charge < -0.3 is 15.0 Å². The molecule has 0 aromatic rings. The Morgan fingerprint density at radius 1 is 1.21 bits per heavy atom. The van der Waals surface area contributed by atoms with Crippen LogP contribution in [0.25, 0.3) is 0 Å². The average Bonchev–Trinajstić information content (AvgIpc) is 2.08. The molecule has 0 aliphatic carbocycles. The summed E-state index contributed by atoms with van der Waals surface area (Å²) in [6, 6.07) is 0.544. The van der Waals surface area contributed by atoms with Crippen LogP contribution in [0.5, 0.6) is 0 Å². The van der Waals surface area contributed by atoms with Gasteiger partial charge in [0, 0.05) is 19.2 Å². The summed E-state index contributed by atoms with van der Waals surface area (Å²) in [6.07, 6.45) is 1.43. The van der Waals surface area contributed by atoms with Crippen molar-refractivity contribution in [2.75, 3.05) is 33.8 Å². The monoisotopic (exact) mass is 202 g/mol. The summed E-state index contributed by atoms with van der Waals surface area (Å²) >= 11 is 0. The summed E-state index contributed by atoms with van der Waals surface area (Å²) in [5, 5.41) is 3.36. The van der Waals surface area contributed by atoms with Crippen molar-refractivity contribution in [1.82, 2.24) is 10.2 Å². The second-order valence-electron chi connectivity index (χ2n) is 4.40. The third-order valence-electron chi connectivity index (χ3n) is 1.97. The van der Waals surface area contributed by atoms with Crippen LogP contribution >= 0.6 is 0 Å². The van der Waals surface area contributed by atoms with Crippen LogP contribution in [0.4, 0.5) is 0 Å². The van der Waals surface area contributed by atoms with E-state index >= 15 is 0 Å². The van der Waals surface area contributed by atoms with Gasteiger partial charge in [0.05, 0.1) is 6.10 Å². The molecule has 3 nitrogen and oxygen atoms in total. The molecule has 86 valence electrons. The quantitative estimate of drug-likeness (QED) is 0.601. The molecule has 0 amide bonds. The Morgan fingerprint density at radius 2 is 1.86 bits per heavy atom. The average molecular weight is 202 g/mol. The molecule has 0 heterocycles. The van der Waals surface area contributed by atoms with Crippen molar-refractivity contribution in [1.29, 1.82) is 0 Å². The van der Waals surface area contributed by atoms with Crippen LogP contribution in [0, 0.1) is 0 Å². The first-order chi connectivity index (χ1) is 6.52. The smallest absolute Gasteiger partial charge is 0.0671 e. The lowest BCUT2D eigenvalue weighted by atomic mass is 10.3. The Bertz CT molecular complexity index is 126. The molecule has 0 saturated carbocycles. The molecule has 0 saturated heterocycles. The van der Waals surface area contributed by atoms with Crippen molar-refractivity contribution < 1.29 is 4.74 Å². The van der Waals surface area contributed by atoms with E-state index in [0.717, 1.165) is 26.1 Å². The molecule has 0 fully saturated rings. The zero-order valence-corrected chi connectivity index (χ0v) is 10.3. The molecule has 1 unspecified atom stereocenters. The molecule has 1 atom stereocenters. The van der Waals surface area contributed by atoms with Gasteiger partial charge in [-0.25, -0.2) is 0 Å². The summed E-state index contributed by atoms with van der Waals surface area (Å²) in [7, 11) is 4.17. The second-order valence-corrected chi connectivity index (χ2v) is 4.40. The largest absolute Gasteiger partial charge is 0.377 e. The number of hydrogen-bond donors (Lipinski definition) is 1. The molecule has 0 aliphatic heterocycles. The standard InChI is InChI=1S/C11H26N2O/c1-10(2)12-9-11(3)14-8-6-7-13(4)5/h10-12H,6-9H2,1-5H3. The molecule has 0 spiro atoms. The zero-order chi connectivity index (χ0) is 11.0. The lowest BCUT2D eigenvalue weighted by Crippen LogP contribution is -2.32. The minimum absolute atomic E-state index is 0.319. The fraction of sp³-hybridized carbons (Fsp3) is 1.00. The molecule has 0 radical (unpaired) electrons. The van der Waals surface area contributed by atoms with E-state index in [1.165, 1.54) is 0 Å². The molecular formula is C11H26N2O. The topological polar surface area (TPSA) is 24.5 Å². The van der Waals surface area contributed by atoms with Crippen molar-refractivity contribution in [3.63, 3.8) is 0 Å². The number of ether oxygens (including phenoxy) is 1. The Kier molecular flexibility index (Phi) is 8.14. The minimum atomic E-state index is 0.319. The summed E-state index contributed by atoms with van der Waals surface area (Å²) in [5.41, 5.74) is 0. The van der Waals surface area contributed by atoms with Gasteiger partial charge >= 0.3 is 0 Å². The maximum absolute atomic E-state index is 5.65. The summed E-state index contributed by atoms with van der Waals surface area (Å²) in [4.78, 5) is 2.18. The summed E-state index contributed by atoms with van der Waals surface area (Å²) in [6.45, 7) is 9.33. The van der Waals surface area contributed by atoms with Crippen LogP contribution in [-0.2, 0) is 4.74 Å². The van der Waals surface area contributed by atoms with Crippen molar-refractivity contribution in [3.8, 4) is 0 Å². The van der Waals surface area contributed by atoms with Crippen molar-refractivity contribution >= 4 is 0 Å². The third-order valence-corrected chi connectivity index (χ3v) is 1.97. The fourth-order valence-corrected chi connectivity index (χ4v) is 1.13. The lowest BCUT2D eigenvalue weighted by molar-refractivity contribution is 0.0598. The number of hydrogen-bond acceptors (Lipinski definition) is 3. The Morgan fingerprint density at radius 3 is 2.36 bits per heavy atom. The van der Waals surface area contributed by atoms with Crippen LogP contribution in [0.15, 0.2) is 0 Å². The molecule has 0 aromatic heterocycles. The predicted octanol–water partition coefficient (Wildman–Crippen LogP) is 1.34.